The first-order valence-electron chi connectivity index (χ1n) is 42.4. The van der Waals surface area contributed by atoms with E-state index in [1.807, 2.05) is 46.8 Å². The van der Waals surface area contributed by atoms with E-state index in [9.17, 15) is 89.1 Å². The summed E-state index contributed by atoms with van der Waals surface area (Å²) in [6, 6.07) is 0. The molecule has 718 valence electrons. The number of nitrogens with zero attached hydrogens (tertiary/aromatic N) is 6. The second kappa shape index (κ2) is 47.7. The maximum atomic E-state index is 12.4. The third-order valence-corrected chi connectivity index (χ3v) is 29.6. The smallest absolute Gasteiger partial charge is 0.330 e. The highest BCUT2D eigenvalue weighted by Crippen LogP contribution is 2.45. The predicted molar refractivity (Wildman–Crippen MR) is 517 cm³/mol. The molecule has 0 aromatic carbocycles. The molecule has 5 aliphatic heterocycles. The molecule has 36 nitrogen and oxygen atoms in total. The molecular formula is C85H143N12O24P5S. The third kappa shape index (κ3) is 31.9. The van der Waals surface area contributed by atoms with Crippen molar-refractivity contribution in [2.24, 2.45) is 14.1 Å². The summed E-state index contributed by atoms with van der Waals surface area (Å²) in [5.41, 5.74) is -0.708. The van der Waals surface area contributed by atoms with Crippen molar-refractivity contribution in [3.8, 4) is 0 Å². The Labute approximate surface area is 747 Å². The van der Waals surface area contributed by atoms with Crippen LogP contribution in [0.4, 0.5) is 0 Å². The largest absolute Gasteiger partial charge is 0.388 e. The van der Waals surface area contributed by atoms with Crippen LogP contribution < -0.4 is 61.2 Å². The van der Waals surface area contributed by atoms with E-state index in [0.717, 1.165) is 41.8 Å². The number of nitrogens with one attached hydrogen (secondary N) is 6. The summed E-state index contributed by atoms with van der Waals surface area (Å²) >= 11 is 5.26. The number of H-pyrrole nitrogens is 4. The highest BCUT2D eigenvalue weighted by molar-refractivity contribution is 7.73. The Balaban J connectivity index is 0.000000246. The number of aliphatic hydroxyl groups excluding tert-OH is 9. The lowest BCUT2D eigenvalue weighted by molar-refractivity contribution is -0.0542. The average Bonchev–Trinajstić information content (AvgIpc) is 1.66. The van der Waals surface area contributed by atoms with Gasteiger partial charge in [-0.05, 0) is 183 Å². The summed E-state index contributed by atoms with van der Waals surface area (Å²) in [4.78, 5) is 118. The monoisotopic (exact) mass is 1900 g/mol. The number of allylic oxidation sites excluding steroid dienone is 2. The minimum absolute atomic E-state index is 0.153. The lowest BCUT2D eigenvalue weighted by Crippen LogP contribution is -2.40. The lowest BCUT2D eigenvalue weighted by atomic mass is 10.0. The van der Waals surface area contributed by atoms with Crippen LogP contribution in [-0.2, 0) is 68.7 Å². The molecule has 5 aliphatic rings. The number of hydrogen-bond acceptors (Lipinski definition) is 27. The van der Waals surface area contributed by atoms with Gasteiger partial charge in [-0.15, -0.1) is 65.9 Å². The zero-order chi connectivity index (χ0) is 95.8. The van der Waals surface area contributed by atoms with E-state index in [1.165, 1.54) is 80.0 Å². The summed E-state index contributed by atoms with van der Waals surface area (Å²) in [5.74, 6) is 0. The fourth-order valence-corrected chi connectivity index (χ4v) is 19.5. The molecule has 0 bridgehead atoms. The second-order valence-electron chi connectivity index (χ2n) is 37.2. The van der Waals surface area contributed by atoms with Gasteiger partial charge in [-0.3, -0.25) is 57.6 Å². The molecule has 5 aromatic rings. The van der Waals surface area contributed by atoms with Crippen molar-refractivity contribution >= 4 is 78.1 Å². The van der Waals surface area contributed by atoms with Gasteiger partial charge in [0.05, 0.1) is 47.2 Å². The molecule has 0 saturated carbocycles. The maximum absolute atomic E-state index is 12.4. The van der Waals surface area contributed by atoms with Crippen LogP contribution >= 0.6 is 46.6 Å². The number of aromatic nitrogens is 10. The van der Waals surface area contributed by atoms with Gasteiger partial charge in [-0.1, -0.05) is 30.2 Å². The number of ether oxygens (including phenoxy) is 6. The van der Waals surface area contributed by atoms with E-state index in [4.69, 9.17) is 40.6 Å². The van der Waals surface area contributed by atoms with Gasteiger partial charge in [0.1, 0.15) is 79.4 Å². The number of aryl methyl sites for hydroxylation is 3. The van der Waals surface area contributed by atoms with E-state index >= 15 is 0 Å². The van der Waals surface area contributed by atoms with Gasteiger partial charge in [0.15, 0.2) is 17.2 Å². The van der Waals surface area contributed by atoms with E-state index in [1.54, 1.807) is 13.1 Å². The number of rotatable bonds is 32. The van der Waals surface area contributed by atoms with Crippen LogP contribution in [0.15, 0.2) is 97.4 Å². The molecule has 42 heteroatoms. The highest BCUT2D eigenvalue weighted by atomic mass is 32.1. The first-order valence-corrected chi connectivity index (χ1v) is 58.1. The topological polar surface area (TPSA) is 508 Å². The Hall–Kier alpha value is -5.88. The first-order chi connectivity index (χ1) is 58.8. The molecule has 15 N–H and O–H groups in total. The predicted octanol–water partition coefficient (Wildman–Crippen LogP) is 2.02. The molecule has 10 heterocycles. The van der Waals surface area contributed by atoms with Gasteiger partial charge in [0, 0.05) is 103 Å². The van der Waals surface area contributed by atoms with Crippen molar-refractivity contribution in [1.82, 2.24) is 58.0 Å². The maximum Gasteiger partial charge on any atom is 0.330 e. The SMILES string of the molecule is C=P(C)(C)CC[C@H]1OC(c2cn(CC)c(=O)[nH]c2=O)[C@H](O)[C@@H]1O.C=P(C)(C)CC[C@H]1OC(c2cn(CCC)c(=O)[nH]c2=O)[C@H](O)[C@@H]1O.C=P(C)(C)CC[C@H]1OC(n2cc(CNCC=C(C)C)c(=O)[nH]c2=O)[C@H](OC)[C@@H]1O.C=P(C)(C)CC[C@H]1OC(n2cc(CNCC=C(C)C)c(=O)[nH]c2=S)[C@H](O)[C@@H]1O.C=P(C)(C)CC[C@H]1O[C@@H](c2cn(C)c(=O)n(C)c2=O)[C@H](O)[C@@H]1O. The van der Waals surface area contributed by atoms with Gasteiger partial charge >= 0.3 is 22.8 Å². The number of hydrogen-bond donors (Lipinski definition) is 15. The van der Waals surface area contributed by atoms with Gasteiger partial charge < -0.3 is 98.7 Å². The Morgan fingerprint density at radius 2 is 0.795 bits per heavy atom. The number of methoxy groups -OCH3 is 1. The normalized spacial score (nSPS) is 26.6. The van der Waals surface area contributed by atoms with Crippen molar-refractivity contribution in [1.29, 1.82) is 0 Å². The Morgan fingerprint density at radius 3 is 1.18 bits per heavy atom. The van der Waals surface area contributed by atoms with Crippen LogP contribution in [0.25, 0.3) is 0 Å². The zero-order valence-electron chi connectivity index (χ0n) is 77.1. The summed E-state index contributed by atoms with van der Waals surface area (Å²) < 4.78 is 42.6. The van der Waals surface area contributed by atoms with Gasteiger partial charge in [-0.25, -0.2) is 19.2 Å². The van der Waals surface area contributed by atoms with Crippen LogP contribution in [0.5, 0.6) is 0 Å². The summed E-state index contributed by atoms with van der Waals surface area (Å²) in [5, 5.41) is 99.4. The Kier molecular flexibility index (Phi) is 41.2. The van der Waals surface area contributed by atoms with Crippen molar-refractivity contribution in [2.45, 2.75) is 229 Å². The lowest BCUT2D eigenvalue weighted by Gasteiger charge is -2.21. The van der Waals surface area contributed by atoms with E-state index in [0.29, 0.717) is 82.5 Å². The molecule has 5 saturated heterocycles. The fraction of sp³-hybridized carbons (Fsp3) is 0.659. The fourth-order valence-electron chi connectivity index (χ4n) is 14.5. The number of aromatic amines is 4. The molecule has 20 atom stereocenters. The van der Waals surface area contributed by atoms with E-state index in [-0.39, 0.29) is 27.0 Å². The van der Waals surface area contributed by atoms with Crippen molar-refractivity contribution in [3.05, 3.63) is 181 Å². The van der Waals surface area contributed by atoms with Gasteiger partial charge in [-0.2, -0.15) is 0 Å². The van der Waals surface area contributed by atoms with Crippen LogP contribution in [0.2, 0.25) is 0 Å². The minimum atomic E-state index is -1.28. The molecule has 127 heavy (non-hydrogen) atoms. The molecule has 4 unspecified atom stereocenters. The van der Waals surface area contributed by atoms with E-state index in [2.05, 4.69) is 129 Å². The summed E-state index contributed by atoms with van der Waals surface area (Å²) in [7, 11) is 4.37. The summed E-state index contributed by atoms with van der Waals surface area (Å²) in [6.07, 6.45) is 22.4. The van der Waals surface area contributed by atoms with Crippen molar-refractivity contribution < 1.29 is 74.4 Å². The minimum Gasteiger partial charge on any atom is -0.388 e. The molecule has 0 radical (unpaired) electrons. The molecule has 10 rings (SSSR count). The standard InChI is InChI=1S/C20H34N3O5P.C19H32N3O4PS.C16H27N2O5P.2C15H25N2O5P/c1-13(2)7-9-21-11-14-12-23(20(26)22-18(14)25)19-17(27-3)16(24)15(28-19)8-10-29(4,5)6;1-12(2)6-8-20-10-13-11-22(19(28)21-17(13)25)18-16(24)15(23)14(26-18)7-9-27(3,4)5;1-5-7-18-9-10(15(21)17-16(18)22)14-13(20)12(19)11(23-14)6-8-24(2,3)4;1-16-8-9(14(20)17(2)15(16)21)13-12(19)11(18)10(22-13)6-7-23(3,4)5;1-5-17-8-9(14(20)16-15(17)21)13-12(19)11(18)10(22-13)6-7-23(2,3)4/h7,12,15-17,19,21,24H,4,8-11H2,1-3,5-6H3,(H,22,25,26);6,11,14-16,18,20,23-24H,3,7-10H2,1-2,4-5H3,(H,21,25,28);9,11-14,19-20H,2,5-8H2,1,3-4H3,(H,17,21,22);8,10-13,18-19H,3,6-7H2,1-2,4-5H3;8,10-13,18-19H,2,5-7H2,1,3-4H3,(H,16,20,21)/t15-,16-,17-,19?;14-,15-,16-,18?;11-,12-,13-,14?;10-,11-,12-,13+;10-,11-,12-,13?/m11111/s1. The van der Waals surface area contributed by atoms with Crippen LogP contribution in [-0.4, -0.2) is 334 Å². The van der Waals surface area contributed by atoms with Crippen LogP contribution in [0, 0.1) is 4.77 Å². The van der Waals surface area contributed by atoms with Gasteiger partial charge in [0.2, 0.25) is 0 Å². The Bertz CT molecular complexity index is 5500. The zero-order valence-corrected chi connectivity index (χ0v) is 82.4. The highest BCUT2D eigenvalue weighted by Gasteiger charge is 2.49. The molecular weight excluding hydrogens is 1760 g/mol. The second-order valence-corrected chi connectivity index (χ2v) is 59.2. The molecule has 5 fully saturated rings. The molecule has 0 aliphatic carbocycles. The van der Waals surface area contributed by atoms with Gasteiger partial charge in [0.25, 0.3) is 27.8 Å². The van der Waals surface area contributed by atoms with E-state index < -0.39 is 202 Å². The van der Waals surface area contributed by atoms with Crippen molar-refractivity contribution in [2.75, 3.05) is 118 Å². The average molecular weight is 1900 g/mol. The first kappa shape index (κ1) is 110. The molecule has 0 amide bonds. The molecule has 5 aromatic heterocycles. The quantitative estimate of drug-likeness (QED) is 0.0127. The van der Waals surface area contributed by atoms with Crippen LogP contribution in [0.3, 0.4) is 0 Å². The summed E-state index contributed by atoms with van der Waals surface area (Å²) in [6.45, 7) is 29.1. The molecule has 0 spiro atoms. The number of aliphatic hydroxyl groups is 9. The van der Waals surface area contributed by atoms with Crippen molar-refractivity contribution in [3.63, 3.8) is 0 Å². The van der Waals surface area contributed by atoms with Crippen LogP contribution in [0.1, 0.15) is 139 Å². The third-order valence-electron chi connectivity index (χ3n) is 22.0. The Morgan fingerprint density at radius 1 is 0.449 bits per heavy atom.